The lowest BCUT2D eigenvalue weighted by atomic mass is 10.0. The van der Waals surface area contributed by atoms with Gasteiger partial charge in [-0.3, -0.25) is 9.78 Å². The van der Waals surface area contributed by atoms with Crippen molar-refractivity contribution >= 4 is 17.9 Å². The summed E-state index contributed by atoms with van der Waals surface area (Å²) in [6.07, 6.45) is 2.24. The number of rotatable bonds is 2. The maximum atomic E-state index is 10.8. The molecule has 15 heavy (non-hydrogen) atoms. The number of carbonyl (C=O) groups is 1. The Balaban J connectivity index is 2.66. The molecule has 2 rings (SSSR count). The molecule has 0 N–H and O–H groups in total. The molecule has 2 aromatic rings. The summed E-state index contributed by atoms with van der Waals surface area (Å²) < 4.78 is 0. The summed E-state index contributed by atoms with van der Waals surface area (Å²) in [5, 5.41) is 0.540. The molecular weight excluding hydrogens is 210 g/mol. The summed E-state index contributed by atoms with van der Waals surface area (Å²) in [5.74, 6) is 0. The zero-order valence-corrected chi connectivity index (χ0v) is 8.61. The van der Waals surface area contributed by atoms with Crippen LogP contribution in [0.4, 0.5) is 0 Å². The monoisotopic (exact) mass is 217 g/mol. The van der Waals surface area contributed by atoms with Gasteiger partial charge in [-0.25, -0.2) is 0 Å². The number of benzene rings is 1. The number of carbonyl (C=O) groups excluding carboxylic acids is 1. The molecule has 1 heterocycles. The van der Waals surface area contributed by atoms with Crippen molar-refractivity contribution in [3.63, 3.8) is 0 Å². The number of nitrogens with zero attached hydrogens (tertiary/aromatic N) is 1. The summed E-state index contributed by atoms with van der Waals surface area (Å²) >= 11 is 6.04. The van der Waals surface area contributed by atoms with E-state index < -0.39 is 0 Å². The first-order valence-electron chi connectivity index (χ1n) is 4.48. The standard InChI is InChI=1S/C12H8ClNO/c13-10-6-7-14-11(8-15)12(10)9-4-2-1-3-5-9/h1-8H. The zero-order valence-electron chi connectivity index (χ0n) is 7.85. The van der Waals surface area contributed by atoms with Crippen LogP contribution in [-0.2, 0) is 0 Å². The Morgan fingerprint density at radius 1 is 1.13 bits per heavy atom. The van der Waals surface area contributed by atoms with E-state index in [0.29, 0.717) is 22.6 Å². The molecule has 0 radical (unpaired) electrons. The minimum absolute atomic E-state index is 0.369. The molecule has 74 valence electrons. The maximum absolute atomic E-state index is 10.8. The van der Waals surface area contributed by atoms with Crippen LogP contribution >= 0.6 is 11.6 Å². The lowest BCUT2D eigenvalue weighted by Gasteiger charge is -2.05. The Labute approximate surface area is 92.5 Å². The predicted molar refractivity (Wildman–Crippen MR) is 60.1 cm³/mol. The number of pyridine rings is 1. The van der Waals surface area contributed by atoms with Gasteiger partial charge in [0.2, 0.25) is 0 Å². The van der Waals surface area contributed by atoms with Crippen LogP contribution in [0.2, 0.25) is 5.02 Å². The number of hydrogen-bond acceptors (Lipinski definition) is 2. The van der Waals surface area contributed by atoms with Gasteiger partial charge >= 0.3 is 0 Å². The fourth-order valence-corrected chi connectivity index (χ4v) is 1.70. The van der Waals surface area contributed by atoms with Crippen LogP contribution in [0.3, 0.4) is 0 Å². The van der Waals surface area contributed by atoms with Crippen molar-refractivity contribution in [1.82, 2.24) is 4.98 Å². The molecule has 1 aromatic heterocycles. The van der Waals surface area contributed by atoms with E-state index in [4.69, 9.17) is 11.6 Å². The highest BCUT2D eigenvalue weighted by Crippen LogP contribution is 2.28. The summed E-state index contributed by atoms with van der Waals surface area (Å²) in [4.78, 5) is 14.8. The van der Waals surface area contributed by atoms with E-state index in [2.05, 4.69) is 4.98 Å². The smallest absolute Gasteiger partial charge is 0.169 e. The average Bonchev–Trinajstić information content (AvgIpc) is 2.29. The van der Waals surface area contributed by atoms with Crippen molar-refractivity contribution in [3.8, 4) is 11.1 Å². The Morgan fingerprint density at radius 3 is 2.53 bits per heavy atom. The predicted octanol–water partition coefficient (Wildman–Crippen LogP) is 3.21. The van der Waals surface area contributed by atoms with Gasteiger partial charge in [0.05, 0.1) is 5.02 Å². The average molecular weight is 218 g/mol. The molecule has 3 heteroatoms. The van der Waals surface area contributed by atoms with Gasteiger partial charge in [-0.05, 0) is 11.6 Å². The van der Waals surface area contributed by atoms with E-state index in [9.17, 15) is 4.79 Å². The second kappa shape index (κ2) is 4.24. The van der Waals surface area contributed by atoms with Crippen molar-refractivity contribution in [2.24, 2.45) is 0 Å². The Morgan fingerprint density at radius 2 is 1.87 bits per heavy atom. The molecule has 0 atom stereocenters. The summed E-state index contributed by atoms with van der Waals surface area (Å²) in [6.45, 7) is 0. The van der Waals surface area contributed by atoms with Gasteiger partial charge in [-0.15, -0.1) is 0 Å². The quantitative estimate of drug-likeness (QED) is 0.723. The number of aromatic nitrogens is 1. The lowest BCUT2D eigenvalue weighted by molar-refractivity contribution is 0.111. The van der Waals surface area contributed by atoms with E-state index in [1.54, 1.807) is 6.07 Å². The van der Waals surface area contributed by atoms with Crippen LogP contribution in [0.5, 0.6) is 0 Å². The van der Waals surface area contributed by atoms with Crippen LogP contribution in [0, 0.1) is 0 Å². The van der Waals surface area contributed by atoms with Gasteiger partial charge in [-0.2, -0.15) is 0 Å². The topological polar surface area (TPSA) is 30.0 Å². The molecule has 1 aromatic carbocycles. The molecule has 0 spiro atoms. The Hall–Kier alpha value is -1.67. The van der Waals surface area contributed by atoms with Crippen LogP contribution in [0.25, 0.3) is 11.1 Å². The molecule has 0 fully saturated rings. The van der Waals surface area contributed by atoms with Gasteiger partial charge in [0.25, 0.3) is 0 Å². The minimum Gasteiger partial charge on any atom is -0.296 e. The fraction of sp³-hybridized carbons (Fsp3) is 0. The lowest BCUT2D eigenvalue weighted by Crippen LogP contribution is -1.92. The second-order valence-corrected chi connectivity index (χ2v) is 3.44. The molecule has 0 amide bonds. The van der Waals surface area contributed by atoms with Crippen molar-refractivity contribution in [2.75, 3.05) is 0 Å². The largest absolute Gasteiger partial charge is 0.296 e. The van der Waals surface area contributed by atoms with E-state index in [1.165, 1.54) is 6.20 Å². The van der Waals surface area contributed by atoms with Crippen LogP contribution in [-0.4, -0.2) is 11.3 Å². The summed E-state index contributed by atoms with van der Waals surface area (Å²) in [6, 6.07) is 11.2. The van der Waals surface area contributed by atoms with Crippen molar-refractivity contribution in [2.45, 2.75) is 0 Å². The first kappa shape index (κ1) is 9.87. The Kier molecular flexibility index (Phi) is 2.79. The van der Waals surface area contributed by atoms with Gasteiger partial charge < -0.3 is 0 Å². The third-order valence-electron chi connectivity index (χ3n) is 2.10. The molecule has 0 aliphatic heterocycles. The van der Waals surface area contributed by atoms with Crippen molar-refractivity contribution in [1.29, 1.82) is 0 Å². The molecule has 0 aliphatic rings. The van der Waals surface area contributed by atoms with Gasteiger partial charge in [0, 0.05) is 11.8 Å². The van der Waals surface area contributed by atoms with Gasteiger partial charge in [0.1, 0.15) is 5.69 Å². The summed E-state index contributed by atoms with van der Waals surface area (Å²) in [7, 11) is 0. The highest BCUT2D eigenvalue weighted by atomic mass is 35.5. The third kappa shape index (κ3) is 1.90. The number of hydrogen-bond donors (Lipinski definition) is 0. The van der Waals surface area contributed by atoms with Crippen molar-refractivity contribution in [3.05, 3.63) is 53.3 Å². The van der Waals surface area contributed by atoms with Gasteiger partial charge in [0.15, 0.2) is 6.29 Å². The highest BCUT2D eigenvalue weighted by molar-refractivity contribution is 6.33. The van der Waals surface area contributed by atoms with E-state index >= 15 is 0 Å². The maximum Gasteiger partial charge on any atom is 0.169 e. The molecule has 0 saturated heterocycles. The van der Waals surface area contributed by atoms with Crippen LogP contribution < -0.4 is 0 Å². The van der Waals surface area contributed by atoms with Crippen LogP contribution in [0.15, 0.2) is 42.6 Å². The SMILES string of the molecule is O=Cc1nccc(Cl)c1-c1ccccc1. The Bertz CT molecular complexity index is 482. The van der Waals surface area contributed by atoms with E-state index in [1.807, 2.05) is 30.3 Å². The van der Waals surface area contributed by atoms with E-state index in [-0.39, 0.29) is 0 Å². The highest BCUT2D eigenvalue weighted by Gasteiger charge is 2.09. The first-order valence-corrected chi connectivity index (χ1v) is 4.86. The van der Waals surface area contributed by atoms with Crippen molar-refractivity contribution < 1.29 is 4.79 Å². The molecule has 0 saturated carbocycles. The number of aldehydes is 1. The van der Waals surface area contributed by atoms with Gasteiger partial charge in [-0.1, -0.05) is 41.9 Å². The molecular formula is C12H8ClNO. The molecule has 0 bridgehead atoms. The molecule has 2 nitrogen and oxygen atoms in total. The zero-order chi connectivity index (χ0) is 10.7. The normalized spacial score (nSPS) is 9.93. The molecule has 0 unspecified atom stereocenters. The summed E-state index contributed by atoms with van der Waals surface area (Å²) in [5.41, 5.74) is 1.96. The minimum atomic E-state index is 0.369. The molecule has 0 aliphatic carbocycles. The third-order valence-corrected chi connectivity index (χ3v) is 2.42. The van der Waals surface area contributed by atoms with E-state index in [0.717, 1.165) is 5.56 Å². The fourth-order valence-electron chi connectivity index (χ4n) is 1.43. The second-order valence-electron chi connectivity index (χ2n) is 3.04. The number of halogens is 1. The van der Waals surface area contributed by atoms with Crippen LogP contribution in [0.1, 0.15) is 10.5 Å². The first-order chi connectivity index (χ1) is 7.33.